The number of rotatable bonds is 3. The highest BCUT2D eigenvalue weighted by atomic mass is 35.5. The van der Waals surface area contributed by atoms with Gasteiger partial charge in [-0.1, -0.05) is 32.4 Å². The van der Waals surface area contributed by atoms with E-state index in [2.05, 4.69) is 15.3 Å². The SMILES string of the molecule is Cc1c(Cl)nc(C(C)(C)C)nc1NCC(C)(C)O. The van der Waals surface area contributed by atoms with Crippen LogP contribution in [-0.4, -0.2) is 27.2 Å². The monoisotopic (exact) mass is 271 g/mol. The molecular formula is C13H22ClN3O. The van der Waals surface area contributed by atoms with Crippen LogP contribution >= 0.6 is 11.6 Å². The first-order valence-electron chi connectivity index (χ1n) is 6.01. The summed E-state index contributed by atoms with van der Waals surface area (Å²) in [7, 11) is 0. The fraction of sp³-hybridized carbons (Fsp3) is 0.692. The third-order valence-corrected chi connectivity index (χ3v) is 2.81. The largest absolute Gasteiger partial charge is 0.389 e. The van der Waals surface area contributed by atoms with Gasteiger partial charge >= 0.3 is 0 Å². The van der Waals surface area contributed by atoms with Crippen LogP contribution in [0.5, 0.6) is 0 Å². The van der Waals surface area contributed by atoms with Crippen molar-refractivity contribution < 1.29 is 5.11 Å². The lowest BCUT2D eigenvalue weighted by Crippen LogP contribution is -2.30. The van der Waals surface area contributed by atoms with Gasteiger partial charge in [0.05, 0.1) is 5.60 Å². The number of anilines is 1. The number of nitrogens with zero attached hydrogens (tertiary/aromatic N) is 2. The standard InChI is InChI=1S/C13H22ClN3O/c1-8-9(14)16-11(12(2,3)4)17-10(8)15-7-13(5,6)18/h18H,7H2,1-6H3,(H,15,16,17). The number of aliphatic hydroxyl groups is 1. The first kappa shape index (κ1) is 15.2. The number of hydrogen-bond acceptors (Lipinski definition) is 4. The number of nitrogens with one attached hydrogen (secondary N) is 1. The Morgan fingerprint density at radius 3 is 2.17 bits per heavy atom. The summed E-state index contributed by atoms with van der Waals surface area (Å²) >= 11 is 6.12. The van der Waals surface area contributed by atoms with E-state index in [9.17, 15) is 5.11 Å². The summed E-state index contributed by atoms with van der Waals surface area (Å²) in [6.45, 7) is 11.9. The smallest absolute Gasteiger partial charge is 0.137 e. The maximum absolute atomic E-state index is 9.73. The summed E-state index contributed by atoms with van der Waals surface area (Å²) in [6, 6.07) is 0. The zero-order chi connectivity index (χ0) is 14.1. The molecule has 0 amide bonds. The first-order valence-corrected chi connectivity index (χ1v) is 6.39. The average molecular weight is 272 g/mol. The predicted molar refractivity (Wildman–Crippen MR) is 75.3 cm³/mol. The van der Waals surface area contributed by atoms with Crippen LogP contribution < -0.4 is 5.32 Å². The van der Waals surface area contributed by atoms with E-state index >= 15 is 0 Å². The lowest BCUT2D eigenvalue weighted by atomic mass is 9.95. The highest BCUT2D eigenvalue weighted by molar-refractivity contribution is 6.30. The van der Waals surface area contributed by atoms with Gasteiger partial charge in [0.15, 0.2) is 0 Å². The average Bonchev–Trinajstić information content (AvgIpc) is 2.17. The quantitative estimate of drug-likeness (QED) is 0.830. The number of halogens is 1. The molecule has 1 aromatic rings. The Labute approximate surface area is 114 Å². The van der Waals surface area contributed by atoms with Crippen LogP contribution in [-0.2, 0) is 5.41 Å². The lowest BCUT2D eigenvalue weighted by molar-refractivity contribution is 0.0944. The second kappa shape index (κ2) is 5.02. The molecule has 0 radical (unpaired) electrons. The summed E-state index contributed by atoms with van der Waals surface area (Å²) in [5.74, 6) is 1.37. The summed E-state index contributed by atoms with van der Waals surface area (Å²) in [4.78, 5) is 8.79. The molecule has 0 aliphatic carbocycles. The summed E-state index contributed by atoms with van der Waals surface area (Å²) in [5.41, 5.74) is -0.164. The molecule has 1 rings (SSSR count). The van der Waals surface area contributed by atoms with Gasteiger partial charge in [0.25, 0.3) is 0 Å². The Morgan fingerprint density at radius 2 is 1.72 bits per heavy atom. The van der Waals surface area contributed by atoms with Gasteiger partial charge in [-0.25, -0.2) is 9.97 Å². The molecule has 0 fully saturated rings. The molecule has 0 aliphatic rings. The second-order valence-electron chi connectivity index (χ2n) is 6.23. The van der Waals surface area contributed by atoms with Crippen LogP contribution in [0.3, 0.4) is 0 Å². The molecule has 0 saturated heterocycles. The minimum Gasteiger partial charge on any atom is -0.389 e. The third-order valence-electron chi connectivity index (χ3n) is 2.45. The first-order chi connectivity index (χ1) is 8.00. The molecule has 1 aromatic heterocycles. The summed E-state index contributed by atoms with van der Waals surface area (Å²) in [6.07, 6.45) is 0. The fourth-order valence-corrected chi connectivity index (χ4v) is 1.47. The van der Waals surface area contributed by atoms with E-state index in [0.717, 1.165) is 5.56 Å². The van der Waals surface area contributed by atoms with Crippen LogP contribution in [0.4, 0.5) is 5.82 Å². The summed E-state index contributed by atoms with van der Waals surface area (Å²) in [5, 5.41) is 13.3. The van der Waals surface area contributed by atoms with Crippen molar-refractivity contribution in [3.05, 3.63) is 16.5 Å². The Hall–Kier alpha value is -0.870. The van der Waals surface area contributed by atoms with E-state index < -0.39 is 5.60 Å². The van der Waals surface area contributed by atoms with Crippen molar-refractivity contribution in [2.45, 2.75) is 52.6 Å². The Balaban J connectivity index is 3.07. The Bertz CT molecular complexity index is 433. The van der Waals surface area contributed by atoms with Crippen molar-refractivity contribution in [2.75, 3.05) is 11.9 Å². The van der Waals surface area contributed by atoms with Gasteiger partial charge in [-0.05, 0) is 20.8 Å². The van der Waals surface area contributed by atoms with E-state index in [4.69, 9.17) is 11.6 Å². The molecule has 102 valence electrons. The zero-order valence-electron chi connectivity index (χ0n) is 11.9. The molecule has 0 bridgehead atoms. The van der Waals surface area contributed by atoms with Gasteiger partial charge in [-0.3, -0.25) is 0 Å². The molecule has 0 atom stereocenters. The normalized spacial score (nSPS) is 12.7. The van der Waals surface area contributed by atoms with Crippen molar-refractivity contribution in [2.24, 2.45) is 0 Å². The van der Waals surface area contributed by atoms with Crippen LogP contribution in [0, 0.1) is 6.92 Å². The maximum Gasteiger partial charge on any atom is 0.137 e. The van der Waals surface area contributed by atoms with E-state index in [1.165, 1.54) is 0 Å². The van der Waals surface area contributed by atoms with Crippen LogP contribution in [0.15, 0.2) is 0 Å². The molecule has 4 nitrogen and oxygen atoms in total. The molecule has 2 N–H and O–H groups in total. The molecule has 0 aromatic carbocycles. The van der Waals surface area contributed by atoms with Crippen molar-refractivity contribution in [1.82, 2.24) is 9.97 Å². The lowest BCUT2D eigenvalue weighted by Gasteiger charge is -2.22. The van der Waals surface area contributed by atoms with E-state index in [-0.39, 0.29) is 5.41 Å². The van der Waals surface area contributed by atoms with Crippen LogP contribution in [0.2, 0.25) is 5.15 Å². The van der Waals surface area contributed by atoms with E-state index in [0.29, 0.717) is 23.3 Å². The number of hydrogen-bond donors (Lipinski definition) is 2. The Morgan fingerprint density at radius 1 is 1.17 bits per heavy atom. The fourth-order valence-electron chi connectivity index (χ4n) is 1.30. The molecular weight excluding hydrogens is 250 g/mol. The maximum atomic E-state index is 9.73. The molecule has 0 aliphatic heterocycles. The van der Waals surface area contributed by atoms with Crippen molar-refractivity contribution in [1.29, 1.82) is 0 Å². The molecule has 0 saturated carbocycles. The molecule has 0 unspecified atom stereocenters. The highest BCUT2D eigenvalue weighted by Gasteiger charge is 2.21. The highest BCUT2D eigenvalue weighted by Crippen LogP contribution is 2.26. The molecule has 1 heterocycles. The minimum absolute atomic E-state index is 0.164. The van der Waals surface area contributed by atoms with Crippen LogP contribution in [0.25, 0.3) is 0 Å². The molecule has 5 heteroatoms. The van der Waals surface area contributed by atoms with Gasteiger partial charge in [0.1, 0.15) is 16.8 Å². The zero-order valence-corrected chi connectivity index (χ0v) is 12.7. The van der Waals surface area contributed by atoms with Crippen molar-refractivity contribution in [3.8, 4) is 0 Å². The van der Waals surface area contributed by atoms with E-state index in [1.807, 2.05) is 27.7 Å². The molecule has 0 spiro atoms. The van der Waals surface area contributed by atoms with Gasteiger partial charge in [0.2, 0.25) is 0 Å². The minimum atomic E-state index is -0.800. The summed E-state index contributed by atoms with van der Waals surface area (Å²) < 4.78 is 0. The molecule has 18 heavy (non-hydrogen) atoms. The Kier molecular flexibility index (Phi) is 4.23. The van der Waals surface area contributed by atoms with Crippen LogP contribution in [0.1, 0.15) is 46.0 Å². The van der Waals surface area contributed by atoms with Gasteiger partial charge < -0.3 is 10.4 Å². The van der Waals surface area contributed by atoms with Gasteiger partial charge in [-0.15, -0.1) is 0 Å². The second-order valence-corrected chi connectivity index (χ2v) is 6.59. The van der Waals surface area contributed by atoms with Crippen molar-refractivity contribution in [3.63, 3.8) is 0 Å². The third kappa shape index (κ3) is 4.10. The topological polar surface area (TPSA) is 58.0 Å². The van der Waals surface area contributed by atoms with E-state index in [1.54, 1.807) is 13.8 Å². The van der Waals surface area contributed by atoms with Crippen molar-refractivity contribution >= 4 is 17.4 Å². The van der Waals surface area contributed by atoms with Gasteiger partial charge in [0, 0.05) is 17.5 Å². The van der Waals surface area contributed by atoms with Gasteiger partial charge in [-0.2, -0.15) is 0 Å². The number of aromatic nitrogens is 2. The predicted octanol–water partition coefficient (Wildman–Crippen LogP) is 2.92.